The van der Waals surface area contributed by atoms with Crippen molar-refractivity contribution in [2.45, 2.75) is 0 Å². The Morgan fingerprint density at radius 3 is 2.00 bits per heavy atom. The van der Waals surface area contributed by atoms with Gasteiger partial charge in [0.1, 0.15) is 0 Å². The number of nitrogens with zero attached hydrogens (tertiary/aromatic N) is 2. The van der Waals surface area contributed by atoms with Crippen LogP contribution in [0.5, 0.6) is 0 Å². The van der Waals surface area contributed by atoms with Gasteiger partial charge in [-0.25, -0.2) is 0 Å². The van der Waals surface area contributed by atoms with Gasteiger partial charge in [-0.2, -0.15) is 5.10 Å². The average molecular weight is 155 g/mol. The van der Waals surface area contributed by atoms with E-state index in [1.165, 1.54) is 7.05 Å². The number of nitrogens with two attached hydrogens (primary N) is 1. The normalized spacial score (nSPS) is 12.3. The Bertz CT molecular complexity index is 475. The van der Waals surface area contributed by atoms with E-state index in [2.05, 4.69) is 5.10 Å². The van der Waals surface area contributed by atoms with Crippen LogP contribution < -0.4 is 27.7 Å². The van der Waals surface area contributed by atoms with Crippen molar-refractivity contribution in [1.29, 1.82) is 0 Å². The zero-order chi connectivity index (χ0) is 8.59. The largest absolute Gasteiger partial charge is 0.322 e. The van der Waals surface area contributed by atoms with Crippen LogP contribution in [0.1, 0.15) is 0 Å². The van der Waals surface area contributed by atoms with E-state index in [4.69, 9.17) is 5.84 Å². The van der Waals surface area contributed by atoms with E-state index in [9.17, 15) is 14.4 Å². The predicted molar refractivity (Wildman–Crippen MR) is 36.3 cm³/mol. The highest BCUT2D eigenvalue weighted by Crippen LogP contribution is 1.45. The molecule has 0 aliphatic carbocycles. The van der Waals surface area contributed by atoms with Crippen LogP contribution in [0, 0.1) is 0 Å². The summed E-state index contributed by atoms with van der Waals surface area (Å²) in [5.41, 5.74) is -2.58. The van der Waals surface area contributed by atoms with Crippen molar-refractivity contribution in [3.05, 3.63) is 36.3 Å². The summed E-state index contributed by atoms with van der Waals surface area (Å²) in [4.78, 5) is 32.3. The zero-order valence-electron chi connectivity index (χ0n) is 5.70. The summed E-state index contributed by atoms with van der Waals surface area (Å²) in [7, 11) is 1.20. The maximum absolute atomic E-state index is 10.8. The first-order valence-electron chi connectivity index (χ1n) is 2.74. The van der Waals surface area contributed by atoms with Gasteiger partial charge in [-0.1, -0.05) is 0 Å². The highest BCUT2D eigenvalue weighted by molar-refractivity contribution is 4.93. The molecular weight excluding hydrogens is 150 g/mol. The highest BCUT2D eigenvalue weighted by atomic mass is 16.2. The van der Waals surface area contributed by atoms with Gasteiger partial charge in [0.25, 0.3) is 11.0 Å². The van der Waals surface area contributed by atoms with Crippen molar-refractivity contribution in [1.82, 2.24) is 4.57 Å². The first-order chi connectivity index (χ1) is 5.09. The fraction of sp³-hybridized carbons (Fsp3) is 0.200. The van der Waals surface area contributed by atoms with Crippen LogP contribution in [0.15, 0.2) is 19.5 Å². The zero-order valence-corrected chi connectivity index (χ0v) is 5.70. The molecule has 1 rings (SSSR count). The summed E-state index contributed by atoms with van der Waals surface area (Å²) in [6.45, 7) is 0. The molecule has 0 bridgehead atoms. The van der Waals surface area contributed by atoms with E-state index in [1.807, 2.05) is 0 Å². The molecule has 2 N–H and O–H groups in total. The molecule has 0 unspecified atom stereocenters. The van der Waals surface area contributed by atoms with Crippen LogP contribution in [-0.2, 0) is 7.05 Å². The van der Waals surface area contributed by atoms with Crippen LogP contribution in [0.25, 0.3) is 0 Å². The minimum absolute atomic E-state index is 0.502. The Balaban J connectivity index is 4.11. The summed E-state index contributed by atoms with van der Waals surface area (Å²) in [6.07, 6.45) is 0. The molecule has 0 aliphatic rings. The van der Waals surface area contributed by atoms with Gasteiger partial charge in [-0.3, -0.25) is 19.0 Å². The van der Waals surface area contributed by atoms with Crippen molar-refractivity contribution in [2.75, 3.05) is 0 Å². The second-order valence-electron chi connectivity index (χ2n) is 1.98. The maximum atomic E-state index is 10.8. The minimum Gasteiger partial charge on any atom is -0.322 e. The lowest BCUT2D eigenvalue weighted by molar-refractivity contribution is 0.839. The van der Waals surface area contributed by atoms with Gasteiger partial charge in [0, 0.05) is 7.05 Å². The Hall–Kier alpha value is -1.72. The van der Waals surface area contributed by atoms with E-state index < -0.39 is 21.9 Å². The molecule has 0 aliphatic heterocycles. The van der Waals surface area contributed by atoms with E-state index in [0.717, 1.165) is 0 Å². The lowest BCUT2D eigenvalue weighted by atomic mass is 10.6. The third-order valence-corrected chi connectivity index (χ3v) is 1.35. The van der Waals surface area contributed by atoms with Crippen LogP contribution in [0.3, 0.4) is 0 Å². The molecule has 0 aromatic carbocycles. The van der Waals surface area contributed by atoms with Gasteiger partial charge < -0.3 is 5.84 Å². The average Bonchev–Trinajstić information content (AvgIpc) is 2.17. The number of hydrogen-bond donors (Lipinski definition) is 1. The summed E-state index contributed by atoms with van der Waals surface area (Å²) >= 11 is 0. The van der Waals surface area contributed by atoms with E-state index >= 15 is 0 Å². The van der Waals surface area contributed by atoms with Crippen molar-refractivity contribution in [3.8, 4) is 0 Å². The minimum atomic E-state index is -0.944. The molecule has 6 nitrogen and oxygen atoms in total. The predicted octanol–water partition coefficient (Wildman–Crippen LogP) is -3.24. The monoisotopic (exact) mass is 155 g/mol. The fourth-order valence-corrected chi connectivity index (χ4v) is 0.716. The molecule has 6 heteroatoms. The summed E-state index contributed by atoms with van der Waals surface area (Å²) < 4.78 is 0.675. The standard InChI is InChI=1S/C5H5N3O3/c1-8-4(10)2(7-6)3(9)5(8)11/h6H2,1H3/b7-2-. The molecule has 0 saturated heterocycles. The Labute approximate surface area is 59.9 Å². The first kappa shape index (κ1) is 7.39. The van der Waals surface area contributed by atoms with E-state index in [1.54, 1.807) is 0 Å². The maximum Gasteiger partial charge on any atom is 0.303 e. The molecule has 0 fully saturated rings. The molecule has 0 spiro atoms. The SMILES string of the molecule is Cn1c(=O)c(=O)/c(=N/N)c1=O. The Morgan fingerprint density at radius 1 is 1.27 bits per heavy atom. The number of hydrogen-bond acceptors (Lipinski definition) is 5. The molecule has 1 aromatic heterocycles. The van der Waals surface area contributed by atoms with Gasteiger partial charge in [0.05, 0.1) is 0 Å². The topological polar surface area (TPSA) is 94.5 Å². The quantitative estimate of drug-likeness (QED) is 0.242. The molecule has 0 saturated carbocycles. The fourth-order valence-electron chi connectivity index (χ4n) is 0.716. The molecule has 0 amide bonds. The summed E-state index contributed by atoms with van der Waals surface area (Å²) in [5.74, 6) is 4.71. The van der Waals surface area contributed by atoms with Crippen LogP contribution >= 0.6 is 0 Å². The van der Waals surface area contributed by atoms with Gasteiger partial charge in [-0.05, 0) is 0 Å². The molecule has 11 heavy (non-hydrogen) atoms. The smallest absolute Gasteiger partial charge is 0.303 e. The number of aromatic nitrogens is 1. The van der Waals surface area contributed by atoms with Crippen molar-refractivity contribution in [2.24, 2.45) is 18.0 Å². The summed E-state index contributed by atoms with van der Waals surface area (Å²) in [5, 5.41) is 2.40. The van der Waals surface area contributed by atoms with Gasteiger partial charge in [0.2, 0.25) is 5.36 Å². The van der Waals surface area contributed by atoms with Gasteiger partial charge in [0.15, 0.2) is 0 Å². The molecular formula is C5H5N3O3. The van der Waals surface area contributed by atoms with E-state index in [-0.39, 0.29) is 0 Å². The lowest BCUT2D eigenvalue weighted by Crippen LogP contribution is -2.37. The third-order valence-electron chi connectivity index (χ3n) is 1.35. The molecule has 0 atom stereocenters. The Morgan fingerprint density at radius 2 is 1.82 bits per heavy atom. The van der Waals surface area contributed by atoms with Crippen LogP contribution in [-0.4, -0.2) is 4.57 Å². The third kappa shape index (κ3) is 0.794. The highest BCUT2D eigenvalue weighted by Gasteiger charge is 2.08. The van der Waals surface area contributed by atoms with Crippen molar-refractivity contribution in [3.63, 3.8) is 0 Å². The van der Waals surface area contributed by atoms with Gasteiger partial charge in [-0.15, -0.1) is 0 Å². The first-order valence-corrected chi connectivity index (χ1v) is 2.74. The number of rotatable bonds is 0. The van der Waals surface area contributed by atoms with Crippen LogP contribution in [0.4, 0.5) is 0 Å². The van der Waals surface area contributed by atoms with Crippen LogP contribution in [0.2, 0.25) is 0 Å². The molecule has 0 radical (unpaired) electrons. The molecule has 58 valence electrons. The van der Waals surface area contributed by atoms with E-state index in [0.29, 0.717) is 4.57 Å². The molecule has 1 aromatic rings. The second-order valence-corrected chi connectivity index (χ2v) is 1.98. The summed E-state index contributed by atoms with van der Waals surface area (Å²) in [6, 6.07) is 0. The molecule has 1 heterocycles. The van der Waals surface area contributed by atoms with Crippen molar-refractivity contribution >= 4 is 0 Å². The second kappa shape index (κ2) is 2.15. The lowest BCUT2D eigenvalue weighted by Gasteiger charge is -1.76. The van der Waals surface area contributed by atoms with Gasteiger partial charge >= 0.3 is 5.56 Å². The Kier molecular flexibility index (Phi) is 1.45. The van der Waals surface area contributed by atoms with Crippen molar-refractivity contribution < 1.29 is 0 Å².